The van der Waals surface area contributed by atoms with Gasteiger partial charge >= 0.3 is 0 Å². The van der Waals surface area contributed by atoms with Gasteiger partial charge in [0, 0.05) is 36.7 Å². The number of ether oxygens (including phenoxy) is 1. The van der Waals surface area contributed by atoms with Crippen LogP contribution in [-0.4, -0.2) is 33.9 Å². The van der Waals surface area contributed by atoms with E-state index in [2.05, 4.69) is 25.7 Å². The molecule has 0 unspecified atom stereocenters. The molecule has 0 amide bonds. The van der Waals surface area contributed by atoms with Crippen LogP contribution in [0.1, 0.15) is 22.6 Å². The van der Waals surface area contributed by atoms with Crippen LogP contribution in [0.5, 0.6) is 5.75 Å². The molecule has 0 saturated carbocycles. The Hall–Kier alpha value is -3.13. The third-order valence-electron chi connectivity index (χ3n) is 4.48. The van der Waals surface area contributed by atoms with Gasteiger partial charge < -0.3 is 21.1 Å². The molecule has 27 heavy (non-hydrogen) atoms. The zero-order chi connectivity index (χ0) is 19.6. The van der Waals surface area contributed by atoms with E-state index < -0.39 is 0 Å². The van der Waals surface area contributed by atoms with Gasteiger partial charge in [-0.3, -0.25) is 0 Å². The molecule has 8 nitrogen and oxygen atoms in total. The molecule has 0 aliphatic carbocycles. The molecule has 3 aromatic rings. The van der Waals surface area contributed by atoms with Crippen molar-refractivity contribution in [3.8, 4) is 11.4 Å². The number of nitrogens with zero attached hydrogens (tertiary/aromatic N) is 4. The fourth-order valence-corrected chi connectivity index (χ4v) is 2.88. The molecular formula is C19H25N7O. The van der Waals surface area contributed by atoms with Crippen molar-refractivity contribution in [2.45, 2.75) is 27.3 Å². The average molecular weight is 367 g/mol. The number of aryl methyl sites for hydroxylation is 1. The lowest BCUT2D eigenvalue weighted by atomic mass is 10.2. The van der Waals surface area contributed by atoms with Gasteiger partial charge in [-0.25, -0.2) is 9.67 Å². The minimum absolute atomic E-state index is 0.393. The Balaban J connectivity index is 2.03. The second-order valence-corrected chi connectivity index (χ2v) is 6.25. The highest BCUT2D eigenvalue weighted by molar-refractivity contribution is 5.63. The SMILES string of the molecule is CNc1cc(C)nc(Nc2ccc(OC)c(-n3nc(CN)c(C)c3C)c2)n1. The fraction of sp³-hybridized carbons (Fsp3) is 0.316. The van der Waals surface area contributed by atoms with Crippen LogP contribution in [0.25, 0.3) is 5.69 Å². The lowest BCUT2D eigenvalue weighted by Gasteiger charge is -2.13. The molecule has 3 rings (SSSR count). The van der Waals surface area contributed by atoms with Crippen LogP contribution in [-0.2, 0) is 6.54 Å². The predicted octanol–water partition coefficient (Wildman–Crippen LogP) is 2.84. The zero-order valence-corrected chi connectivity index (χ0v) is 16.3. The first-order valence-corrected chi connectivity index (χ1v) is 8.70. The molecule has 142 valence electrons. The minimum Gasteiger partial charge on any atom is -0.494 e. The molecule has 8 heteroatoms. The average Bonchev–Trinajstić information content (AvgIpc) is 2.95. The van der Waals surface area contributed by atoms with Crippen molar-refractivity contribution in [1.29, 1.82) is 0 Å². The number of benzene rings is 1. The first kappa shape index (κ1) is 18.7. The van der Waals surface area contributed by atoms with Crippen LogP contribution in [0.2, 0.25) is 0 Å². The van der Waals surface area contributed by atoms with Crippen LogP contribution < -0.4 is 21.1 Å². The predicted molar refractivity (Wildman–Crippen MR) is 107 cm³/mol. The monoisotopic (exact) mass is 367 g/mol. The van der Waals surface area contributed by atoms with E-state index in [1.165, 1.54) is 0 Å². The maximum absolute atomic E-state index is 5.81. The third-order valence-corrected chi connectivity index (χ3v) is 4.48. The first-order valence-electron chi connectivity index (χ1n) is 8.70. The largest absolute Gasteiger partial charge is 0.494 e. The van der Waals surface area contributed by atoms with Crippen LogP contribution in [0.4, 0.5) is 17.5 Å². The highest BCUT2D eigenvalue weighted by atomic mass is 16.5. The number of nitrogens with one attached hydrogen (secondary N) is 2. The van der Waals surface area contributed by atoms with Gasteiger partial charge in [0.25, 0.3) is 0 Å². The summed E-state index contributed by atoms with van der Waals surface area (Å²) in [6.45, 7) is 6.36. The second kappa shape index (κ2) is 7.63. The van der Waals surface area contributed by atoms with Gasteiger partial charge in [0.1, 0.15) is 17.3 Å². The second-order valence-electron chi connectivity index (χ2n) is 6.25. The number of hydrogen-bond acceptors (Lipinski definition) is 7. The van der Waals surface area contributed by atoms with E-state index in [4.69, 9.17) is 10.5 Å². The van der Waals surface area contributed by atoms with E-state index in [-0.39, 0.29) is 0 Å². The Kier molecular flexibility index (Phi) is 5.27. The standard InChI is InChI=1S/C19H25N7O/c1-11-8-18(21-4)24-19(22-11)23-14-6-7-17(27-5)16(9-14)26-13(3)12(2)15(10-20)25-26/h6-9H,10,20H2,1-5H3,(H2,21,22,23,24). The normalized spacial score (nSPS) is 10.7. The van der Waals surface area contributed by atoms with Crippen molar-refractivity contribution in [2.24, 2.45) is 5.73 Å². The molecule has 0 radical (unpaired) electrons. The summed E-state index contributed by atoms with van der Waals surface area (Å²) in [5.74, 6) is 1.99. The van der Waals surface area contributed by atoms with Crippen molar-refractivity contribution >= 4 is 17.5 Å². The van der Waals surface area contributed by atoms with Gasteiger partial charge in [0.05, 0.1) is 12.8 Å². The molecule has 2 aromatic heterocycles. The number of anilines is 3. The van der Waals surface area contributed by atoms with Crippen molar-refractivity contribution < 1.29 is 4.74 Å². The van der Waals surface area contributed by atoms with E-state index in [1.807, 2.05) is 56.8 Å². The van der Waals surface area contributed by atoms with Gasteiger partial charge in [0.2, 0.25) is 5.95 Å². The fourth-order valence-electron chi connectivity index (χ4n) is 2.88. The summed E-state index contributed by atoms with van der Waals surface area (Å²) in [4.78, 5) is 8.88. The lowest BCUT2D eigenvalue weighted by molar-refractivity contribution is 0.411. The molecule has 0 aliphatic rings. The number of methoxy groups -OCH3 is 1. The molecule has 0 saturated heterocycles. The van der Waals surface area contributed by atoms with Crippen molar-refractivity contribution in [2.75, 3.05) is 24.8 Å². The third kappa shape index (κ3) is 3.70. The van der Waals surface area contributed by atoms with Gasteiger partial charge in [-0.2, -0.15) is 10.1 Å². The molecule has 0 atom stereocenters. The summed E-state index contributed by atoms with van der Waals surface area (Å²) in [6, 6.07) is 7.66. The Morgan fingerprint density at radius 2 is 1.93 bits per heavy atom. The summed E-state index contributed by atoms with van der Waals surface area (Å²) in [5, 5.41) is 10.9. The van der Waals surface area contributed by atoms with Crippen molar-refractivity contribution in [3.05, 3.63) is 46.9 Å². The molecule has 0 bridgehead atoms. The number of nitrogens with two attached hydrogens (primary N) is 1. The molecule has 0 aliphatic heterocycles. The maximum Gasteiger partial charge on any atom is 0.229 e. The Bertz CT molecular complexity index is 965. The number of hydrogen-bond donors (Lipinski definition) is 3. The summed E-state index contributed by atoms with van der Waals surface area (Å²) >= 11 is 0. The Morgan fingerprint density at radius 1 is 1.15 bits per heavy atom. The van der Waals surface area contributed by atoms with Crippen LogP contribution >= 0.6 is 0 Å². The number of rotatable bonds is 6. The van der Waals surface area contributed by atoms with Gasteiger partial charge in [-0.1, -0.05) is 0 Å². The number of aromatic nitrogens is 4. The van der Waals surface area contributed by atoms with E-state index in [1.54, 1.807) is 7.11 Å². The molecule has 4 N–H and O–H groups in total. The molecule has 0 fully saturated rings. The molecule has 1 aromatic carbocycles. The van der Waals surface area contributed by atoms with E-state index in [0.29, 0.717) is 12.5 Å². The topological polar surface area (TPSA) is 103 Å². The summed E-state index contributed by atoms with van der Waals surface area (Å²) in [5.41, 5.74) is 11.3. The molecular weight excluding hydrogens is 342 g/mol. The quantitative estimate of drug-likeness (QED) is 0.615. The lowest BCUT2D eigenvalue weighted by Crippen LogP contribution is -2.06. The van der Waals surface area contributed by atoms with Gasteiger partial charge in [-0.15, -0.1) is 0 Å². The summed E-state index contributed by atoms with van der Waals surface area (Å²) in [6.07, 6.45) is 0. The highest BCUT2D eigenvalue weighted by Crippen LogP contribution is 2.29. The van der Waals surface area contributed by atoms with Crippen LogP contribution in [0.3, 0.4) is 0 Å². The minimum atomic E-state index is 0.393. The highest BCUT2D eigenvalue weighted by Gasteiger charge is 2.15. The Labute approximate surface area is 158 Å². The van der Waals surface area contributed by atoms with E-state index in [0.717, 1.165) is 45.6 Å². The first-order chi connectivity index (χ1) is 13.0. The molecule has 0 spiro atoms. The zero-order valence-electron chi connectivity index (χ0n) is 16.3. The smallest absolute Gasteiger partial charge is 0.229 e. The van der Waals surface area contributed by atoms with E-state index >= 15 is 0 Å². The van der Waals surface area contributed by atoms with E-state index in [9.17, 15) is 0 Å². The summed E-state index contributed by atoms with van der Waals surface area (Å²) in [7, 11) is 3.47. The maximum atomic E-state index is 5.81. The van der Waals surface area contributed by atoms with Crippen LogP contribution in [0.15, 0.2) is 24.3 Å². The van der Waals surface area contributed by atoms with Gasteiger partial charge in [-0.05, 0) is 44.5 Å². The summed E-state index contributed by atoms with van der Waals surface area (Å²) < 4.78 is 7.40. The molecule has 2 heterocycles. The van der Waals surface area contributed by atoms with Crippen molar-refractivity contribution in [3.63, 3.8) is 0 Å². The van der Waals surface area contributed by atoms with Crippen molar-refractivity contribution in [1.82, 2.24) is 19.7 Å². The Morgan fingerprint density at radius 3 is 2.56 bits per heavy atom. The van der Waals surface area contributed by atoms with Gasteiger partial charge in [0.15, 0.2) is 0 Å². The van der Waals surface area contributed by atoms with Crippen LogP contribution in [0, 0.1) is 20.8 Å².